The molecule has 1 saturated carbocycles. The van der Waals surface area contributed by atoms with Crippen LogP contribution in [0.1, 0.15) is 32.1 Å². The number of hydrogen-bond acceptors (Lipinski definition) is 0. The van der Waals surface area contributed by atoms with Crippen molar-refractivity contribution < 1.29 is 0 Å². The Morgan fingerprint density at radius 2 is 2.00 bits per heavy atom. The fraction of sp³-hybridized carbons (Fsp3) is 0.636. The van der Waals surface area contributed by atoms with Gasteiger partial charge in [0, 0.05) is 11.8 Å². The zero-order valence-corrected chi connectivity index (χ0v) is 8.11. The quantitative estimate of drug-likeness (QED) is 0.431. The Hall–Kier alpha value is -0.410. The van der Waals surface area contributed by atoms with Gasteiger partial charge < -0.3 is 0 Å². The van der Waals surface area contributed by atoms with Crippen LogP contribution in [0.25, 0.3) is 0 Å². The minimum Gasteiger partial charge on any atom is -0.122 e. The van der Waals surface area contributed by atoms with E-state index in [-0.39, 0.29) is 0 Å². The van der Waals surface area contributed by atoms with Gasteiger partial charge in [-0.3, -0.25) is 0 Å². The molecule has 0 saturated heterocycles. The van der Waals surface area contributed by atoms with Crippen LogP contribution in [0.4, 0.5) is 0 Å². The van der Waals surface area contributed by atoms with Gasteiger partial charge in [-0.25, -0.2) is 0 Å². The van der Waals surface area contributed by atoms with Crippen molar-refractivity contribution in [3.05, 3.63) is 12.2 Å². The van der Waals surface area contributed by atoms with Gasteiger partial charge >= 0.3 is 0 Å². The van der Waals surface area contributed by atoms with Crippen LogP contribution < -0.4 is 0 Å². The summed E-state index contributed by atoms with van der Waals surface area (Å²) in [4.78, 5) is 0. The minimum atomic E-state index is 0.569. The zero-order valence-electron chi connectivity index (χ0n) is 7.35. The van der Waals surface area contributed by atoms with Gasteiger partial charge in [0.25, 0.3) is 0 Å². The van der Waals surface area contributed by atoms with E-state index in [1.807, 2.05) is 12.2 Å². The summed E-state index contributed by atoms with van der Waals surface area (Å²) in [5.41, 5.74) is 0. The molecule has 1 heteroatoms. The number of allylic oxidation sites excluding steroid dienone is 2. The Bertz CT molecular complexity index is 189. The van der Waals surface area contributed by atoms with Crippen LogP contribution in [0.5, 0.6) is 0 Å². The zero-order chi connectivity index (χ0) is 8.65. The third kappa shape index (κ3) is 3.83. The van der Waals surface area contributed by atoms with Gasteiger partial charge in [-0.15, -0.1) is 11.6 Å². The van der Waals surface area contributed by atoms with Gasteiger partial charge in [-0.1, -0.05) is 37.2 Å². The van der Waals surface area contributed by atoms with Crippen molar-refractivity contribution in [3.63, 3.8) is 0 Å². The summed E-state index contributed by atoms with van der Waals surface area (Å²) >= 11 is 5.47. The predicted octanol–water partition coefficient (Wildman–Crippen LogP) is 3.37. The molecule has 0 unspecified atom stereocenters. The Kier molecular flexibility index (Phi) is 4.95. The average molecular weight is 183 g/mol. The molecule has 1 fully saturated rings. The van der Waals surface area contributed by atoms with Crippen molar-refractivity contribution in [1.82, 2.24) is 0 Å². The lowest BCUT2D eigenvalue weighted by atomic mass is 9.90. The molecule has 0 amide bonds. The molecule has 0 aromatic rings. The monoisotopic (exact) mass is 182 g/mol. The molecule has 0 N–H and O–H groups in total. The van der Waals surface area contributed by atoms with Crippen molar-refractivity contribution in [2.45, 2.75) is 32.1 Å². The lowest BCUT2D eigenvalue weighted by molar-refractivity contribution is 0.430. The minimum absolute atomic E-state index is 0.569. The van der Waals surface area contributed by atoms with Crippen LogP contribution in [0, 0.1) is 17.8 Å². The van der Waals surface area contributed by atoms with Crippen LogP contribution in [0.3, 0.4) is 0 Å². The summed E-state index contributed by atoms with van der Waals surface area (Å²) in [6, 6.07) is 0. The van der Waals surface area contributed by atoms with Crippen molar-refractivity contribution >= 4 is 11.6 Å². The Morgan fingerprint density at radius 1 is 1.25 bits per heavy atom. The highest BCUT2D eigenvalue weighted by Crippen LogP contribution is 2.22. The molecule has 0 aromatic heterocycles. The summed E-state index contributed by atoms with van der Waals surface area (Å²) in [5.74, 6) is 7.52. The van der Waals surface area contributed by atoms with E-state index < -0.39 is 0 Å². The first-order chi connectivity index (χ1) is 5.93. The molecule has 66 valence electrons. The van der Waals surface area contributed by atoms with Crippen LogP contribution in [0.15, 0.2) is 12.2 Å². The van der Waals surface area contributed by atoms with Crippen molar-refractivity contribution in [3.8, 4) is 11.8 Å². The standard InChI is InChI=1S/C11H15Cl/c12-10-6-2-5-9-11-7-3-1-4-8-11/h2,6,11H,1,3-4,7-8,10H2/b6-2+. The van der Waals surface area contributed by atoms with Crippen LogP contribution in [-0.2, 0) is 0 Å². The second-order valence-corrected chi connectivity index (χ2v) is 3.49. The van der Waals surface area contributed by atoms with Gasteiger partial charge in [0.15, 0.2) is 0 Å². The topological polar surface area (TPSA) is 0 Å². The van der Waals surface area contributed by atoms with Gasteiger partial charge in [-0.05, 0) is 18.9 Å². The smallest absolute Gasteiger partial charge is 0.0413 e. The molecule has 0 nitrogen and oxygen atoms in total. The van der Waals surface area contributed by atoms with E-state index in [0.29, 0.717) is 11.8 Å². The normalized spacial score (nSPS) is 19.1. The molecule has 0 bridgehead atoms. The SMILES string of the molecule is ClC/C=C/C#CC1CCCCC1. The van der Waals surface area contributed by atoms with E-state index in [9.17, 15) is 0 Å². The molecule has 0 radical (unpaired) electrons. The Morgan fingerprint density at radius 3 is 2.67 bits per heavy atom. The van der Waals surface area contributed by atoms with Crippen molar-refractivity contribution in [2.24, 2.45) is 5.92 Å². The number of alkyl halides is 1. The van der Waals surface area contributed by atoms with Gasteiger partial charge in [0.1, 0.15) is 0 Å². The second-order valence-electron chi connectivity index (χ2n) is 3.18. The van der Waals surface area contributed by atoms with Gasteiger partial charge in [-0.2, -0.15) is 0 Å². The average Bonchev–Trinajstić information content (AvgIpc) is 2.14. The maximum Gasteiger partial charge on any atom is 0.0413 e. The molecule has 1 rings (SSSR count). The molecule has 1 aliphatic carbocycles. The van der Waals surface area contributed by atoms with Crippen LogP contribution in [0.2, 0.25) is 0 Å². The Balaban J connectivity index is 2.26. The molecular weight excluding hydrogens is 168 g/mol. The molecule has 1 aliphatic rings. The van der Waals surface area contributed by atoms with E-state index >= 15 is 0 Å². The molecule has 0 heterocycles. The van der Waals surface area contributed by atoms with E-state index in [2.05, 4.69) is 11.8 Å². The number of halogens is 1. The fourth-order valence-electron chi connectivity index (χ4n) is 1.52. The molecular formula is C11H15Cl. The largest absolute Gasteiger partial charge is 0.122 e. The molecule has 0 atom stereocenters. The van der Waals surface area contributed by atoms with Crippen molar-refractivity contribution in [1.29, 1.82) is 0 Å². The first-order valence-electron chi connectivity index (χ1n) is 4.65. The molecule has 0 aliphatic heterocycles. The van der Waals surface area contributed by atoms with Crippen LogP contribution >= 0.6 is 11.6 Å². The van der Waals surface area contributed by atoms with E-state index in [4.69, 9.17) is 11.6 Å². The second kappa shape index (κ2) is 6.14. The number of rotatable bonds is 1. The number of hydrogen-bond donors (Lipinski definition) is 0. The van der Waals surface area contributed by atoms with E-state index in [1.54, 1.807) is 0 Å². The highest BCUT2D eigenvalue weighted by Gasteiger charge is 2.09. The first-order valence-corrected chi connectivity index (χ1v) is 5.19. The van der Waals surface area contributed by atoms with Crippen LogP contribution in [-0.4, -0.2) is 5.88 Å². The van der Waals surface area contributed by atoms with Gasteiger partial charge in [0.05, 0.1) is 0 Å². The van der Waals surface area contributed by atoms with E-state index in [0.717, 1.165) is 0 Å². The summed E-state index contributed by atoms with van der Waals surface area (Å²) in [6.07, 6.45) is 10.5. The summed E-state index contributed by atoms with van der Waals surface area (Å²) in [5, 5.41) is 0. The van der Waals surface area contributed by atoms with Crippen molar-refractivity contribution in [2.75, 3.05) is 5.88 Å². The maximum atomic E-state index is 5.47. The fourth-order valence-corrected chi connectivity index (χ4v) is 1.61. The lowest BCUT2D eigenvalue weighted by Crippen LogP contribution is -2.02. The molecule has 0 aromatic carbocycles. The third-order valence-electron chi connectivity index (χ3n) is 2.18. The predicted molar refractivity (Wildman–Crippen MR) is 54.2 cm³/mol. The third-order valence-corrected chi connectivity index (χ3v) is 2.36. The highest BCUT2D eigenvalue weighted by atomic mass is 35.5. The molecule has 12 heavy (non-hydrogen) atoms. The maximum absolute atomic E-state index is 5.47. The van der Waals surface area contributed by atoms with E-state index in [1.165, 1.54) is 32.1 Å². The first kappa shape index (κ1) is 9.68. The molecule has 0 spiro atoms. The Labute approximate surface area is 80.0 Å². The summed E-state index contributed by atoms with van der Waals surface area (Å²) < 4.78 is 0. The summed E-state index contributed by atoms with van der Waals surface area (Å²) in [6.45, 7) is 0. The van der Waals surface area contributed by atoms with Gasteiger partial charge in [0.2, 0.25) is 0 Å². The summed E-state index contributed by atoms with van der Waals surface area (Å²) in [7, 11) is 0. The lowest BCUT2D eigenvalue weighted by Gasteiger charge is -2.15. The highest BCUT2D eigenvalue weighted by molar-refractivity contribution is 6.18.